The number of piperidine rings is 2. The Kier molecular flexibility index (Phi) is 32.3. The van der Waals surface area contributed by atoms with Crippen molar-refractivity contribution in [3.8, 4) is 29.1 Å². The number of likely N-dealkylation sites (tertiary alicyclic amines) is 2. The van der Waals surface area contributed by atoms with E-state index in [0.717, 1.165) is 29.7 Å². The summed E-state index contributed by atoms with van der Waals surface area (Å²) in [4.78, 5) is 63.0. The second kappa shape index (κ2) is 33.4. The van der Waals surface area contributed by atoms with Crippen molar-refractivity contribution in [2.45, 2.75) is 105 Å². The van der Waals surface area contributed by atoms with Gasteiger partial charge in [0.15, 0.2) is 5.75 Å². The average Bonchev–Trinajstić information content (AvgIpc) is 3.23. The molecule has 4 aromatic heterocycles. The number of hydrogen-bond donors (Lipinski definition) is 1. The van der Waals surface area contributed by atoms with Crippen LogP contribution in [0.2, 0.25) is 5.15 Å². The van der Waals surface area contributed by atoms with Crippen molar-refractivity contribution >= 4 is 54.2 Å². The third-order valence-electron chi connectivity index (χ3n) is 8.78. The summed E-state index contributed by atoms with van der Waals surface area (Å²) < 4.78 is 28.3. The Hall–Kier alpha value is -2.08. The van der Waals surface area contributed by atoms with E-state index in [-0.39, 0.29) is 177 Å². The number of nitrogens with zero attached hydrogens (tertiary/aromatic N) is 8. The van der Waals surface area contributed by atoms with E-state index in [1.54, 1.807) is 41.2 Å². The maximum atomic E-state index is 12.0. The molecule has 2 amide bonds. The van der Waals surface area contributed by atoms with Crippen molar-refractivity contribution in [2.75, 3.05) is 26.2 Å². The van der Waals surface area contributed by atoms with E-state index >= 15 is 0 Å². The van der Waals surface area contributed by atoms with Gasteiger partial charge in [-0.25, -0.2) is 29.5 Å². The summed E-state index contributed by atoms with van der Waals surface area (Å²) in [6.07, 6.45) is 8.36. The molecule has 2 aliphatic rings. The molecule has 2 saturated heterocycles. The van der Waals surface area contributed by atoms with Crippen molar-refractivity contribution in [1.29, 1.82) is 0 Å². The summed E-state index contributed by atoms with van der Waals surface area (Å²) in [5, 5.41) is 17.7. The summed E-state index contributed by atoms with van der Waals surface area (Å²) in [5.74, 6) is 2.35. The number of halogens is 2. The van der Waals surface area contributed by atoms with E-state index in [0.29, 0.717) is 73.3 Å². The van der Waals surface area contributed by atoms with Gasteiger partial charge in [-0.15, -0.1) is 24.0 Å². The second-order valence-electron chi connectivity index (χ2n) is 14.2. The summed E-state index contributed by atoms with van der Waals surface area (Å²) in [6, 6.07) is 6.97. The molecule has 0 unspecified atom stereocenters. The van der Waals surface area contributed by atoms with E-state index in [2.05, 4.69) is 34.8 Å². The fourth-order valence-corrected chi connectivity index (χ4v) is 5.64. The number of pyridine rings is 2. The minimum Gasteiger partial charge on any atom is -1.00 e. The van der Waals surface area contributed by atoms with Gasteiger partial charge < -0.3 is 50.2 Å². The fraction of sp³-hybridized carbons (Fsp3) is 0.488. The largest absolute Gasteiger partial charge is 1.00 e. The van der Waals surface area contributed by atoms with Crippen LogP contribution in [0.25, 0.3) is 0 Å². The molecular weight excluding hydrogens is 1020 g/mol. The molecule has 23 heteroatoms. The van der Waals surface area contributed by atoms with Gasteiger partial charge in [0.05, 0.1) is 29.2 Å². The normalized spacial score (nSPS) is 13.2. The number of carbonyl (C=O) groups excluding carboxylic acids is 3. The summed E-state index contributed by atoms with van der Waals surface area (Å²) in [7, 11) is 0. The van der Waals surface area contributed by atoms with Crippen molar-refractivity contribution < 1.29 is 158 Å². The molecule has 64 heavy (non-hydrogen) atoms. The monoisotopic (exact) mass is 1080 g/mol. The first-order chi connectivity index (χ1) is 29.1. The number of ether oxygens (including phenoxy) is 5. The summed E-state index contributed by atoms with van der Waals surface area (Å²) in [6.45, 7) is 17.0. The van der Waals surface area contributed by atoms with Gasteiger partial charge in [-0.1, -0.05) is 11.6 Å². The maximum Gasteiger partial charge on any atom is 1.00 e. The van der Waals surface area contributed by atoms with Crippen molar-refractivity contribution in [3.05, 3.63) is 77.0 Å². The number of hydrogen-bond acceptors (Lipinski definition) is 17. The fourth-order valence-electron chi connectivity index (χ4n) is 5.51. The van der Waals surface area contributed by atoms with Crippen LogP contribution in [0.1, 0.15) is 77.3 Å². The standard InChI is InChI=1S/C20H26N4O4.C14H20ClN3O3.C6H7NO.CH2O3.HI.2K.H/c1-13(2)26-20(25)24-10-7-16(8-11-24)27-18-14(3)19(23-12-22-18)28-17-6-5-9-21-15(17)4;1-9(2)20-14(19)18-6-4-11(5-7-18)21-13-10(3)12(15)16-8-17-13;1-5-6(8)3-2-4-7-5;2-1-4-3;;;;/h5-6,9,12-13,16H,7-8,10-11H2,1-4H3;8-9,11H,4-7H2,1-3H3;2-4,8H,1H3;1,3H;1H;;;/q;;;;;2*+1;-1/p-1. The van der Waals surface area contributed by atoms with Crippen LogP contribution in [0.3, 0.4) is 0 Å². The van der Waals surface area contributed by atoms with Gasteiger partial charge in [-0.05, 0) is 79.7 Å². The number of aromatic hydroxyl groups is 1. The molecule has 6 heterocycles. The molecule has 4 aromatic rings. The van der Waals surface area contributed by atoms with Crippen LogP contribution >= 0.6 is 35.6 Å². The quantitative estimate of drug-likeness (QED) is 0.0609. The van der Waals surface area contributed by atoms with Crippen molar-refractivity contribution in [2.24, 2.45) is 0 Å². The zero-order valence-corrected chi connectivity index (χ0v) is 47.4. The molecule has 2 aliphatic heterocycles. The molecule has 19 nitrogen and oxygen atoms in total. The van der Waals surface area contributed by atoms with Crippen LogP contribution < -0.4 is 122 Å². The minimum absolute atomic E-state index is 0. The number of aryl methyl sites for hydroxylation is 2. The van der Waals surface area contributed by atoms with E-state index < -0.39 is 0 Å². The van der Waals surface area contributed by atoms with E-state index in [9.17, 15) is 9.59 Å². The van der Waals surface area contributed by atoms with Crippen LogP contribution in [0.5, 0.6) is 29.1 Å². The molecule has 6 rings (SSSR count). The molecule has 342 valence electrons. The average molecular weight is 1080 g/mol. The van der Waals surface area contributed by atoms with Crippen LogP contribution in [0.4, 0.5) is 9.59 Å². The van der Waals surface area contributed by atoms with Crippen molar-refractivity contribution in [1.82, 2.24) is 39.7 Å². The van der Waals surface area contributed by atoms with Crippen LogP contribution in [0.15, 0.2) is 49.3 Å². The molecule has 0 aromatic carbocycles. The second-order valence-corrected chi connectivity index (χ2v) is 14.5. The molecule has 0 radical (unpaired) electrons. The third kappa shape index (κ3) is 22.1. The first-order valence-corrected chi connectivity index (χ1v) is 20.0. The minimum atomic E-state index is -0.269. The van der Waals surface area contributed by atoms with Gasteiger partial charge in [-0.2, -0.15) is 0 Å². The van der Waals surface area contributed by atoms with E-state index in [1.807, 2.05) is 60.6 Å². The molecule has 0 saturated carbocycles. The molecule has 0 bridgehead atoms. The van der Waals surface area contributed by atoms with Gasteiger partial charge in [0.2, 0.25) is 17.6 Å². The Bertz CT molecular complexity index is 1980. The van der Waals surface area contributed by atoms with E-state index in [1.165, 1.54) is 12.7 Å². The molecule has 1 N–H and O–H groups in total. The number of amides is 2. The Morgan fingerprint density at radius 3 is 1.56 bits per heavy atom. The Morgan fingerprint density at radius 1 is 0.734 bits per heavy atom. The Labute approximate surface area is 482 Å². The van der Waals surface area contributed by atoms with E-state index in [4.69, 9.17) is 50.4 Å². The topological polar surface area (TPSA) is 234 Å². The first kappa shape index (κ1) is 61.9. The van der Waals surface area contributed by atoms with Crippen molar-refractivity contribution in [3.63, 3.8) is 0 Å². The Balaban J connectivity index is 0. The van der Waals surface area contributed by atoms with Gasteiger partial charge in [0.1, 0.15) is 35.8 Å². The van der Waals surface area contributed by atoms with Crippen LogP contribution in [0, 0.1) is 27.7 Å². The predicted octanol–water partition coefficient (Wildman–Crippen LogP) is 0.764. The van der Waals surface area contributed by atoms with Gasteiger partial charge in [0, 0.05) is 69.8 Å². The Morgan fingerprint density at radius 2 is 1.16 bits per heavy atom. The maximum absolute atomic E-state index is 12.0. The molecule has 0 aliphatic carbocycles. The summed E-state index contributed by atoms with van der Waals surface area (Å²) in [5.41, 5.74) is 2.92. The number of rotatable bonds is 9. The van der Waals surface area contributed by atoms with Gasteiger partial charge in [-0.3, -0.25) is 14.8 Å². The summed E-state index contributed by atoms with van der Waals surface area (Å²) >= 11 is 5.94. The van der Waals surface area contributed by atoms with Crippen LogP contribution in [-0.4, -0.2) is 114 Å². The molecule has 2 fully saturated rings. The molecule has 0 atom stereocenters. The smallest absolute Gasteiger partial charge is 1.00 e. The van der Waals surface area contributed by atoms with Crippen LogP contribution in [-0.2, 0) is 19.2 Å². The number of carbonyl (C=O) groups is 3. The SMILES string of the molecule is Cc1c(Cl)ncnc1OC1CCN(C(=O)OC(C)C)CC1.Cc1ncccc1O.Cc1ncccc1Oc1ncnc(OC2CCN(C(=O)OC(C)C)CC2)c1C.I.O=CO[O-].[H-].[K+].[K+]. The molecule has 0 spiro atoms. The number of aromatic nitrogens is 6. The van der Waals surface area contributed by atoms with Gasteiger partial charge in [0.25, 0.3) is 6.47 Å². The van der Waals surface area contributed by atoms with Gasteiger partial charge >= 0.3 is 115 Å². The zero-order valence-electron chi connectivity index (χ0n) is 39.1. The predicted molar refractivity (Wildman–Crippen MR) is 236 cm³/mol. The first-order valence-electron chi connectivity index (χ1n) is 19.6. The zero-order chi connectivity index (χ0) is 44.9. The molecular formula is C41H56ClIK2N8O11. The third-order valence-corrected chi connectivity index (χ3v) is 9.16.